The van der Waals surface area contributed by atoms with Gasteiger partial charge in [0.25, 0.3) is 0 Å². The van der Waals surface area contributed by atoms with E-state index in [0.29, 0.717) is 13.0 Å². The van der Waals surface area contributed by atoms with Crippen LogP contribution in [0.1, 0.15) is 18.9 Å². The molecule has 0 radical (unpaired) electrons. The zero-order valence-electron chi connectivity index (χ0n) is 16.5. The van der Waals surface area contributed by atoms with Crippen molar-refractivity contribution in [1.29, 1.82) is 0 Å². The summed E-state index contributed by atoms with van der Waals surface area (Å²) in [5.74, 6) is -0.365. The van der Waals surface area contributed by atoms with Gasteiger partial charge in [-0.3, -0.25) is 9.59 Å². The predicted octanol–water partition coefficient (Wildman–Crippen LogP) is 2.05. The van der Waals surface area contributed by atoms with Crippen molar-refractivity contribution in [2.24, 2.45) is 0 Å². The van der Waals surface area contributed by atoms with E-state index in [1.807, 2.05) is 61.5 Å². The fourth-order valence-corrected chi connectivity index (χ4v) is 5.14. The summed E-state index contributed by atoms with van der Waals surface area (Å²) in [5, 5.41) is 2.73. The third-order valence-electron chi connectivity index (χ3n) is 5.08. The van der Waals surface area contributed by atoms with Gasteiger partial charge in [-0.2, -0.15) is 0 Å². The van der Waals surface area contributed by atoms with Gasteiger partial charge in [0, 0.05) is 12.6 Å². The first-order valence-corrected chi connectivity index (χ1v) is 11.6. The summed E-state index contributed by atoms with van der Waals surface area (Å²) in [4.78, 5) is 26.4. The van der Waals surface area contributed by atoms with Gasteiger partial charge in [-0.15, -0.1) is 0 Å². The Morgan fingerprint density at radius 3 is 2.28 bits per heavy atom. The molecule has 1 N–H and O–H groups in total. The normalized spacial score (nSPS) is 17.6. The molecule has 1 aliphatic heterocycles. The second kappa shape index (κ2) is 9.22. The number of benzene rings is 2. The SMILES string of the molecule is CCN(CC(=O)N[C@@H]1CCS(=O)(=O)C1)C(=O)Cc1ccc(-c2ccccc2)cc1. The third-order valence-corrected chi connectivity index (χ3v) is 6.85. The number of carbonyl (C=O) groups is 2. The largest absolute Gasteiger partial charge is 0.351 e. The summed E-state index contributed by atoms with van der Waals surface area (Å²) in [6.07, 6.45) is 0.649. The minimum absolute atomic E-state index is 0.0213. The summed E-state index contributed by atoms with van der Waals surface area (Å²) in [7, 11) is -3.05. The van der Waals surface area contributed by atoms with Crippen LogP contribution in [0.15, 0.2) is 54.6 Å². The Balaban J connectivity index is 1.55. The average molecular weight is 415 g/mol. The van der Waals surface area contributed by atoms with Crippen molar-refractivity contribution in [3.63, 3.8) is 0 Å². The molecule has 3 rings (SSSR count). The van der Waals surface area contributed by atoms with Gasteiger partial charge in [0.15, 0.2) is 9.84 Å². The Morgan fingerprint density at radius 1 is 1.03 bits per heavy atom. The molecule has 0 aliphatic carbocycles. The zero-order valence-corrected chi connectivity index (χ0v) is 17.3. The Bertz CT molecular complexity index is 956. The Morgan fingerprint density at radius 2 is 1.69 bits per heavy atom. The Kier molecular flexibility index (Phi) is 6.69. The van der Waals surface area contributed by atoms with E-state index in [4.69, 9.17) is 0 Å². The lowest BCUT2D eigenvalue weighted by molar-refractivity contribution is -0.135. The van der Waals surface area contributed by atoms with Gasteiger partial charge in [-0.25, -0.2) is 8.42 Å². The van der Waals surface area contributed by atoms with Crippen molar-refractivity contribution >= 4 is 21.7 Å². The van der Waals surface area contributed by atoms with Crippen molar-refractivity contribution in [2.75, 3.05) is 24.6 Å². The minimum atomic E-state index is -3.05. The van der Waals surface area contributed by atoms with Crippen LogP contribution in [-0.4, -0.2) is 55.8 Å². The van der Waals surface area contributed by atoms with E-state index in [1.54, 1.807) is 0 Å². The van der Waals surface area contributed by atoms with Crippen LogP contribution in [0.25, 0.3) is 11.1 Å². The molecule has 2 aromatic carbocycles. The topological polar surface area (TPSA) is 83.6 Å². The summed E-state index contributed by atoms with van der Waals surface area (Å²) in [6, 6.07) is 17.5. The molecule has 1 aliphatic rings. The van der Waals surface area contributed by atoms with Gasteiger partial charge < -0.3 is 10.2 Å². The van der Waals surface area contributed by atoms with Crippen LogP contribution >= 0.6 is 0 Å². The van der Waals surface area contributed by atoms with Gasteiger partial charge in [0.2, 0.25) is 11.8 Å². The first-order valence-electron chi connectivity index (χ1n) is 9.78. The van der Waals surface area contributed by atoms with E-state index in [2.05, 4.69) is 5.32 Å². The molecule has 2 aromatic rings. The highest BCUT2D eigenvalue weighted by Gasteiger charge is 2.29. The molecule has 0 saturated carbocycles. The van der Waals surface area contributed by atoms with E-state index in [0.717, 1.165) is 16.7 Å². The number of carbonyl (C=O) groups excluding carboxylic acids is 2. The number of hydrogen-bond donors (Lipinski definition) is 1. The number of rotatable bonds is 7. The first kappa shape index (κ1) is 21.0. The average Bonchev–Trinajstić information content (AvgIpc) is 3.05. The smallest absolute Gasteiger partial charge is 0.239 e. The Labute approximate surface area is 171 Å². The predicted molar refractivity (Wildman–Crippen MR) is 113 cm³/mol. The molecule has 0 bridgehead atoms. The highest BCUT2D eigenvalue weighted by atomic mass is 32.2. The lowest BCUT2D eigenvalue weighted by atomic mass is 10.0. The molecule has 0 aromatic heterocycles. The zero-order chi connectivity index (χ0) is 20.9. The van der Waals surface area contributed by atoms with Crippen LogP contribution in [0, 0.1) is 0 Å². The van der Waals surface area contributed by atoms with Crippen LogP contribution in [0.2, 0.25) is 0 Å². The van der Waals surface area contributed by atoms with Crippen molar-refractivity contribution in [1.82, 2.24) is 10.2 Å². The number of nitrogens with zero attached hydrogens (tertiary/aromatic N) is 1. The number of nitrogens with one attached hydrogen (secondary N) is 1. The van der Waals surface area contributed by atoms with Crippen LogP contribution in [0.3, 0.4) is 0 Å². The van der Waals surface area contributed by atoms with E-state index in [9.17, 15) is 18.0 Å². The highest BCUT2D eigenvalue weighted by Crippen LogP contribution is 2.19. The molecule has 1 fully saturated rings. The molecule has 29 heavy (non-hydrogen) atoms. The number of sulfone groups is 1. The fourth-order valence-electron chi connectivity index (χ4n) is 3.46. The van der Waals surface area contributed by atoms with E-state index in [-0.39, 0.29) is 42.3 Å². The van der Waals surface area contributed by atoms with Crippen LogP contribution in [0.5, 0.6) is 0 Å². The first-order chi connectivity index (χ1) is 13.9. The summed E-state index contributed by atoms with van der Waals surface area (Å²) < 4.78 is 23.0. The number of hydrogen-bond acceptors (Lipinski definition) is 4. The van der Waals surface area contributed by atoms with Gasteiger partial charge in [-0.1, -0.05) is 54.6 Å². The minimum Gasteiger partial charge on any atom is -0.351 e. The molecule has 7 heteroatoms. The van der Waals surface area contributed by atoms with Crippen LogP contribution in [-0.2, 0) is 25.8 Å². The van der Waals surface area contributed by atoms with Crippen molar-refractivity contribution < 1.29 is 18.0 Å². The quantitative estimate of drug-likeness (QED) is 0.752. The molecule has 1 saturated heterocycles. The molecule has 154 valence electrons. The number of likely N-dealkylation sites (N-methyl/N-ethyl adjacent to an activating group) is 1. The molecule has 0 unspecified atom stereocenters. The molecule has 0 spiro atoms. The standard InChI is InChI=1S/C22H26N2O4S/c1-2-24(15-21(25)23-20-12-13-29(27,28)16-20)22(26)14-17-8-10-19(11-9-17)18-6-4-3-5-7-18/h3-11,20H,2,12-16H2,1H3,(H,23,25)/t20-/m1/s1. The van der Waals surface area contributed by atoms with E-state index < -0.39 is 9.84 Å². The maximum atomic E-state index is 12.6. The van der Waals surface area contributed by atoms with Crippen molar-refractivity contribution in [3.8, 4) is 11.1 Å². The van der Waals surface area contributed by atoms with Gasteiger partial charge in [-0.05, 0) is 30.0 Å². The van der Waals surface area contributed by atoms with Gasteiger partial charge >= 0.3 is 0 Å². The Hall–Kier alpha value is -2.67. The number of amides is 2. The molecular weight excluding hydrogens is 388 g/mol. The van der Waals surface area contributed by atoms with Gasteiger partial charge in [0.05, 0.1) is 24.5 Å². The van der Waals surface area contributed by atoms with Gasteiger partial charge in [0.1, 0.15) is 0 Å². The fraction of sp³-hybridized carbons (Fsp3) is 0.364. The molecule has 1 atom stereocenters. The lowest BCUT2D eigenvalue weighted by Gasteiger charge is -2.21. The van der Waals surface area contributed by atoms with E-state index >= 15 is 0 Å². The molecule has 6 nitrogen and oxygen atoms in total. The maximum absolute atomic E-state index is 12.6. The molecular formula is C22H26N2O4S. The summed E-state index contributed by atoms with van der Waals surface area (Å²) in [5.41, 5.74) is 3.08. The highest BCUT2D eigenvalue weighted by molar-refractivity contribution is 7.91. The van der Waals surface area contributed by atoms with Crippen LogP contribution < -0.4 is 5.32 Å². The molecule has 1 heterocycles. The van der Waals surface area contributed by atoms with E-state index in [1.165, 1.54) is 4.90 Å². The van der Waals surface area contributed by atoms with Crippen molar-refractivity contribution in [3.05, 3.63) is 60.2 Å². The van der Waals surface area contributed by atoms with Crippen molar-refractivity contribution in [2.45, 2.75) is 25.8 Å². The third kappa shape index (κ3) is 5.90. The monoisotopic (exact) mass is 414 g/mol. The van der Waals surface area contributed by atoms with Crippen LogP contribution in [0.4, 0.5) is 0 Å². The summed E-state index contributed by atoms with van der Waals surface area (Å²) in [6.45, 7) is 2.18. The lowest BCUT2D eigenvalue weighted by Crippen LogP contribution is -2.45. The second-order valence-corrected chi connectivity index (χ2v) is 9.54. The summed E-state index contributed by atoms with van der Waals surface area (Å²) >= 11 is 0. The second-order valence-electron chi connectivity index (χ2n) is 7.32. The molecule has 2 amide bonds. The maximum Gasteiger partial charge on any atom is 0.239 e.